The largest absolute Gasteiger partial charge is 0.497 e. The third-order valence-corrected chi connectivity index (χ3v) is 4.34. The van der Waals surface area contributed by atoms with E-state index in [1.807, 2.05) is 6.07 Å². The molecule has 0 unspecified atom stereocenters. The topological polar surface area (TPSA) is 76.7 Å². The summed E-state index contributed by atoms with van der Waals surface area (Å²) >= 11 is 0. The van der Waals surface area contributed by atoms with Crippen LogP contribution in [0.1, 0.15) is 26.3 Å². The lowest BCUT2D eigenvalue weighted by Crippen LogP contribution is -2.23. The van der Waals surface area contributed by atoms with Crippen LogP contribution in [-0.2, 0) is 6.54 Å². The minimum Gasteiger partial charge on any atom is -0.497 e. The van der Waals surface area contributed by atoms with Crippen LogP contribution >= 0.6 is 0 Å². The van der Waals surface area contributed by atoms with Crippen LogP contribution in [0.4, 0.5) is 10.1 Å². The summed E-state index contributed by atoms with van der Waals surface area (Å²) in [6.07, 6.45) is 0. The Morgan fingerprint density at radius 1 is 0.833 bits per heavy atom. The molecule has 0 saturated heterocycles. The molecule has 2 amide bonds. The molecular weight excluding hydrogens is 387 g/mol. The number of nitrogens with one attached hydrogen (secondary N) is 2. The molecule has 154 valence electrons. The maximum absolute atomic E-state index is 13.3. The smallest absolute Gasteiger partial charge is 0.255 e. The molecule has 3 aromatic carbocycles. The Morgan fingerprint density at radius 3 is 2.20 bits per heavy atom. The lowest BCUT2D eigenvalue weighted by molar-refractivity contribution is 0.0949. The summed E-state index contributed by atoms with van der Waals surface area (Å²) in [5, 5.41) is 5.55. The Labute approximate surface area is 173 Å². The number of ether oxygens (including phenoxy) is 2. The van der Waals surface area contributed by atoms with Crippen LogP contribution in [0.25, 0.3) is 0 Å². The van der Waals surface area contributed by atoms with Gasteiger partial charge in [-0.05, 0) is 48.0 Å². The van der Waals surface area contributed by atoms with Crippen molar-refractivity contribution in [3.05, 3.63) is 89.2 Å². The lowest BCUT2D eigenvalue weighted by atomic mass is 10.1. The molecule has 30 heavy (non-hydrogen) atoms. The first kappa shape index (κ1) is 20.9. The molecule has 0 aliphatic heterocycles. The fraction of sp³-hybridized carbons (Fsp3) is 0.130. The molecule has 0 saturated carbocycles. The van der Waals surface area contributed by atoms with Crippen LogP contribution in [0, 0.1) is 5.82 Å². The number of anilines is 1. The van der Waals surface area contributed by atoms with E-state index in [0.29, 0.717) is 22.7 Å². The molecule has 0 bridgehead atoms. The average Bonchev–Trinajstić information content (AvgIpc) is 2.77. The predicted octanol–water partition coefficient (Wildman–Crippen LogP) is 4.03. The van der Waals surface area contributed by atoms with E-state index in [-0.39, 0.29) is 18.0 Å². The predicted molar refractivity (Wildman–Crippen MR) is 112 cm³/mol. The molecule has 0 aliphatic carbocycles. The number of carbonyl (C=O) groups excluding carboxylic acids is 2. The second-order valence-corrected chi connectivity index (χ2v) is 6.45. The highest BCUT2D eigenvalue weighted by Crippen LogP contribution is 2.22. The van der Waals surface area contributed by atoms with Crippen molar-refractivity contribution in [1.29, 1.82) is 0 Å². The molecule has 0 aromatic heterocycles. The second-order valence-electron chi connectivity index (χ2n) is 6.45. The molecule has 0 spiro atoms. The highest BCUT2D eigenvalue weighted by Gasteiger charge is 2.11. The van der Waals surface area contributed by atoms with Crippen molar-refractivity contribution < 1.29 is 23.5 Å². The molecular formula is C23H21FN2O4. The zero-order chi connectivity index (χ0) is 21.5. The van der Waals surface area contributed by atoms with E-state index in [1.54, 1.807) is 36.4 Å². The van der Waals surface area contributed by atoms with E-state index in [9.17, 15) is 14.0 Å². The Bertz CT molecular complexity index is 1050. The number of halogens is 1. The molecule has 0 fully saturated rings. The van der Waals surface area contributed by atoms with Crippen molar-refractivity contribution in [1.82, 2.24) is 5.32 Å². The minimum absolute atomic E-state index is 0.223. The van der Waals surface area contributed by atoms with Gasteiger partial charge in [0.15, 0.2) is 0 Å². The van der Waals surface area contributed by atoms with Gasteiger partial charge in [0, 0.05) is 29.4 Å². The van der Waals surface area contributed by atoms with Gasteiger partial charge >= 0.3 is 0 Å². The Hall–Kier alpha value is -3.87. The highest BCUT2D eigenvalue weighted by atomic mass is 19.1. The molecule has 6 nitrogen and oxygen atoms in total. The molecule has 2 N–H and O–H groups in total. The quantitative estimate of drug-likeness (QED) is 0.619. The van der Waals surface area contributed by atoms with Crippen molar-refractivity contribution in [2.75, 3.05) is 19.5 Å². The van der Waals surface area contributed by atoms with Gasteiger partial charge < -0.3 is 20.1 Å². The number of benzene rings is 3. The summed E-state index contributed by atoms with van der Waals surface area (Å²) in [4.78, 5) is 24.8. The van der Waals surface area contributed by atoms with Gasteiger partial charge in [-0.25, -0.2) is 4.39 Å². The summed E-state index contributed by atoms with van der Waals surface area (Å²) < 4.78 is 23.7. The van der Waals surface area contributed by atoms with Crippen molar-refractivity contribution >= 4 is 17.5 Å². The number of rotatable bonds is 7. The van der Waals surface area contributed by atoms with Crippen molar-refractivity contribution in [3.63, 3.8) is 0 Å². The van der Waals surface area contributed by atoms with Gasteiger partial charge in [-0.1, -0.05) is 18.2 Å². The van der Waals surface area contributed by atoms with Crippen LogP contribution in [-0.4, -0.2) is 26.0 Å². The average molecular weight is 408 g/mol. The minimum atomic E-state index is -0.478. The van der Waals surface area contributed by atoms with Gasteiger partial charge in [-0.15, -0.1) is 0 Å². The molecule has 0 radical (unpaired) electrons. The Balaban J connectivity index is 1.65. The van der Waals surface area contributed by atoms with E-state index in [1.165, 1.54) is 38.5 Å². The van der Waals surface area contributed by atoms with Crippen LogP contribution in [0.5, 0.6) is 11.5 Å². The van der Waals surface area contributed by atoms with Gasteiger partial charge in [0.05, 0.1) is 14.2 Å². The normalized spacial score (nSPS) is 10.2. The van der Waals surface area contributed by atoms with Crippen LogP contribution < -0.4 is 20.1 Å². The fourth-order valence-corrected chi connectivity index (χ4v) is 2.81. The number of hydrogen-bond donors (Lipinski definition) is 2. The lowest BCUT2D eigenvalue weighted by Gasteiger charge is -2.11. The number of hydrogen-bond acceptors (Lipinski definition) is 4. The van der Waals surface area contributed by atoms with E-state index in [4.69, 9.17) is 9.47 Å². The first-order chi connectivity index (χ1) is 14.5. The first-order valence-corrected chi connectivity index (χ1v) is 9.15. The molecule has 7 heteroatoms. The molecule has 0 atom stereocenters. The Kier molecular flexibility index (Phi) is 6.64. The van der Waals surface area contributed by atoms with Crippen molar-refractivity contribution in [2.24, 2.45) is 0 Å². The van der Waals surface area contributed by atoms with E-state index in [2.05, 4.69) is 10.6 Å². The van der Waals surface area contributed by atoms with Gasteiger partial charge in [0.25, 0.3) is 11.8 Å². The van der Waals surface area contributed by atoms with E-state index in [0.717, 1.165) is 5.56 Å². The van der Waals surface area contributed by atoms with Crippen LogP contribution in [0.3, 0.4) is 0 Å². The van der Waals surface area contributed by atoms with Gasteiger partial charge in [0.1, 0.15) is 17.3 Å². The van der Waals surface area contributed by atoms with Gasteiger partial charge in [-0.3, -0.25) is 9.59 Å². The number of amides is 2. The summed E-state index contributed by atoms with van der Waals surface area (Å²) in [5.74, 6) is -0.156. The van der Waals surface area contributed by atoms with Gasteiger partial charge in [0.2, 0.25) is 0 Å². The number of methoxy groups -OCH3 is 2. The van der Waals surface area contributed by atoms with E-state index < -0.39 is 11.7 Å². The van der Waals surface area contributed by atoms with Gasteiger partial charge in [-0.2, -0.15) is 0 Å². The monoisotopic (exact) mass is 408 g/mol. The van der Waals surface area contributed by atoms with Crippen molar-refractivity contribution in [3.8, 4) is 11.5 Å². The summed E-state index contributed by atoms with van der Waals surface area (Å²) in [5.41, 5.74) is 1.96. The van der Waals surface area contributed by atoms with Crippen molar-refractivity contribution in [2.45, 2.75) is 6.54 Å². The maximum Gasteiger partial charge on any atom is 0.255 e. The molecule has 0 aliphatic rings. The summed E-state index contributed by atoms with van der Waals surface area (Å²) in [6, 6.07) is 17.4. The SMILES string of the molecule is COc1cc(OC)cc(C(=O)NCc2cccc(NC(=O)c3cccc(F)c3)c2)c1. The molecule has 3 aromatic rings. The number of carbonyl (C=O) groups is 2. The Morgan fingerprint density at radius 2 is 1.53 bits per heavy atom. The maximum atomic E-state index is 13.3. The zero-order valence-corrected chi connectivity index (χ0v) is 16.6. The highest BCUT2D eigenvalue weighted by molar-refractivity contribution is 6.04. The molecule has 0 heterocycles. The van der Waals surface area contributed by atoms with Crippen LogP contribution in [0.2, 0.25) is 0 Å². The first-order valence-electron chi connectivity index (χ1n) is 9.15. The zero-order valence-electron chi connectivity index (χ0n) is 16.6. The standard InChI is InChI=1S/C23H21FN2O4/c1-29-20-11-17(12-21(13-20)30-2)22(27)25-14-15-5-3-8-19(9-15)26-23(28)16-6-4-7-18(24)10-16/h3-13H,14H2,1-2H3,(H,25,27)(H,26,28). The third kappa shape index (κ3) is 5.35. The van der Waals surface area contributed by atoms with Crippen LogP contribution in [0.15, 0.2) is 66.7 Å². The summed E-state index contributed by atoms with van der Waals surface area (Å²) in [7, 11) is 3.03. The second kappa shape index (κ2) is 9.56. The third-order valence-electron chi connectivity index (χ3n) is 4.34. The fourth-order valence-electron chi connectivity index (χ4n) is 2.81. The van der Waals surface area contributed by atoms with E-state index >= 15 is 0 Å². The summed E-state index contributed by atoms with van der Waals surface area (Å²) in [6.45, 7) is 0.252. The molecule has 3 rings (SSSR count).